The highest BCUT2D eigenvalue weighted by molar-refractivity contribution is 5.96. The number of esters is 4. The number of aliphatic hydroxyl groups is 3. The molecule has 2 unspecified atom stereocenters. The largest absolute Gasteiger partial charge is 0.456 e. The van der Waals surface area contributed by atoms with Gasteiger partial charge in [0.2, 0.25) is 0 Å². The SMILES string of the molecule is CC(=O)O[C@H]1C(=O)[C@@]2(C)C([C@H](OC(=O)c3ccccc3)[C@]3(O)C[C@H](OC(=O)[C@H](O)[C@H](C)NC(=O)c4ccccc4)C(C)=C1C3(C)C)[C@]1(OC(C)=O)COC1[C@@H]2O.c1ccccc1. The predicted molar refractivity (Wildman–Crippen MR) is 220 cm³/mol. The molecule has 0 aromatic heterocycles. The van der Waals surface area contributed by atoms with Crippen molar-refractivity contribution in [2.45, 2.75) is 109 Å². The summed E-state index contributed by atoms with van der Waals surface area (Å²) in [6.45, 7) is 9.21. The molecule has 0 spiro atoms. The van der Waals surface area contributed by atoms with E-state index in [4.69, 9.17) is 23.7 Å². The molecule has 3 aliphatic carbocycles. The molecule has 1 saturated heterocycles. The van der Waals surface area contributed by atoms with E-state index in [1.807, 2.05) is 36.4 Å². The highest BCUT2D eigenvalue weighted by Gasteiger charge is 2.82. The normalized spacial score (nSPS) is 31.4. The molecule has 3 aromatic carbocycles. The minimum absolute atomic E-state index is 0.00138. The van der Waals surface area contributed by atoms with Crippen molar-refractivity contribution in [3.8, 4) is 0 Å². The number of aliphatic hydroxyl groups excluding tert-OH is 2. The van der Waals surface area contributed by atoms with Crippen LogP contribution in [-0.4, -0.2) is 111 Å². The van der Waals surface area contributed by atoms with Gasteiger partial charge in [-0.2, -0.15) is 0 Å². The van der Waals surface area contributed by atoms with Crippen molar-refractivity contribution in [2.24, 2.45) is 16.7 Å². The number of carbonyl (C=O) groups is 6. The van der Waals surface area contributed by atoms with Crippen LogP contribution < -0.4 is 5.32 Å². The first-order chi connectivity index (χ1) is 29.2. The molecule has 15 nitrogen and oxygen atoms in total. The van der Waals surface area contributed by atoms with Crippen LogP contribution in [0.2, 0.25) is 0 Å². The molecule has 11 atom stereocenters. The number of rotatable bonds is 9. The summed E-state index contributed by atoms with van der Waals surface area (Å²) < 4.78 is 29.6. The number of hydrogen-bond acceptors (Lipinski definition) is 14. The van der Waals surface area contributed by atoms with Gasteiger partial charge in [-0.1, -0.05) is 86.6 Å². The van der Waals surface area contributed by atoms with E-state index in [1.54, 1.807) is 62.4 Å². The second-order valence-corrected chi connectivity index (χ2v) is 17.0. The summed E-state index contributed by atoms with van der Waals surface area (Å²) in [6, 6.07) is 26.8. The first-order valence-corrected chi connectivity index (χ1v) is 20.4. The van der Waals surface area contributed by atoms with E-state index in [0.717, 1.165) is 13.8 Å². The maximum absolute atomic E-state index is 15.2. The number of nitrogens with one attached hydrogen (secondary N) is 1. The smallest absolute Gasteiger partial charge is 0.338 e. The minimum atomic E-state index is -2.35. The van der Waals surface area contributed by atoms with Crippen molar-refractivity contribution in [1.29, 1.82) is 0 Å². The van der Waals surface area contributed by atoms with Gasteiger partial charge in [0, 0.05) is 31.2 Å². The zero-order valence-electron chi connectivity index (χ0n) is 35.6. The number of ketones is 1. The number of carbonyl (C=O) groups excluding carboxylic acids is 6. The highest BCUT2D eigenvalue weighted by Crippen LogP contribution is 2.66. The lowest BCUT2D eigenvalue weighted by atomic mass is 9.50. The summed E-state index contributed by atoms with van der Waals surface area (Å²) in [5, 5.41) is 39.1. The van der Waals surface area contributed by atoms with Crippen molar-refractivity contribution in [1.82, 2.24) is 5.32 Å². The number of benzene rings is 3. The van der Waals surface area contributed by atoms with Gasteiger partial charge in [-0.25, -0.2) is 9.59 Å². The first-order valence-electron chi connectivity index (χ1n) is 20.4. The fourth-order valence-electron chi connectivity index (χ4n) is 9.64. The van der Waals surface area contributed by atoms with Crippen LogP contribution in [-0.2, 0) is 42.9 Å². The third-order valence-corrected chi connectivity index (χ3v) is 12.9. The molecule has 1 heterocycles. The van der Waals surface area contributed by atoms with Crippen LogP contribution in [0, 0.1) is 16.7 Å². The Morgan fingerprint density at radius 3 is 1.84 bits per heavy atom. The van der Waals surface area contributed by atoms with E-state index >= 15 is 4.79 Å². The number of hydrogen-bond donors (Lipinski definition) is 4. The van der Waals surface area contributed by atoms with Gasteiger partial charge in [-0.3, -0.25) is 19.2 Å². The molecule has 4 N–H and O–H groups in total. The lowest BCUT2D eigenvalue weighted by molar-refractivity contribution is -0.288. The van der Waals surface area contributed by atoms with E-state index < -0.39 is 113 Å². The number of ether oxygens (including phenoxy) is 5. The molecule has 2 bridgehead atoms. The molecular weight excluding hydrogens is 803 g/mol. The van der Waals surface area contributed by atoms with Gasteiger partial charge in [0.1, 0.15) is 23.9 Å². The van der Waals surface area contributed by atoms with Gasteiger partial charge in [0.15, 0.2) is 23.6 Å². The average Bonchev–Trinajstić information content (AvgIpc) is 3.35. The molecule has 1 aliphatic heterocycles. The van der Waals surface area contributed by atoms with E-state index in [-0.39, 0.29) is 28.9 Å². The average molecular weight is 856 g/mol. The van der Waals surface area contributed by atoms with Crippen LogP contribution >= 0.6 is 0 Å². The minimum Gasteiger partial charge on any atom is -0.456 e. The van der Waals surface area contributed by atoms with Crippen LogP contribution in [0.5, 0.6) is 0 Å². The lowest BCUT2D eigenvalue weighted by Crippen LogP contribution is -2.73. The molecule has 2 saturated carbocycles. The zero-order chi connectivity index (χ0) is 45.4. The zero-order valence-corrected chi connectivity index (χ0v) is 35.6. The van der Waals surface area contributed by atoms with E-state index in [1.165, 1.54) is 32.9 Å². The fraction of sp³-hybridized carbons (Fsp3) is 0.447. The highest BCUT2D eigenvalue weighted by atomic mass is 16.6. The Bertz CT molecular complexity index is 2190. The molecule has 15 heteroatoms. The Balaban J connectivity index is 0.000000983. The van der Waals surface area contributed by atoms with Crippen molar-refractivity contribution < 1.29 is 67.8 Å². The van der Waals surface area contributed by atoms with Gasteiger partial charge in [0.05, 0.1) is 35.6 Å². The van der Waals surface area contributed by atoms with Gasteiger partial charge in [-0.05, 0) is 56.2 Å². The number of fused-ring (bicyclic) bond motifs is 5. The van der Waals surface area contributed by atoms with Gasteiger partial charge in [0.25, 0.3) is 5.91 Å². The quantitative estimate of drug-likeness (QED) is 0.137. The Hall–Kier alpha value is -5.74. The Morgan fingerprint density at radius 2 is 1.34 bits per heavy atom. The monoisotopic (exact) mass is 855 g/mol. The standard InChI is InChI=1S/C41H47NO14.C6H6/c1-20-26(54-37(50)28(45)21(2)42-35(48)24-14-10-8-11-15-24)18-41(51)33(55-36(49)25-16-12-9-13-17-25)30-39(7,32(47)34-40(30,19-52-34)56-23(4)44)31(46)29(53-22(3)43)27(20)38(41,5)6;1-2-4-6-5-3-1/h8-17,21,26,28-30,32-34,45,47,51H,18-19H2,1-7H3,(H,42,48);1-6H/t21-,26-,28+,29+,30?,32-,33-,34?,39+,40+,41+;/m0./s1. The third-order valence-electron chi connectivity index (χ3n) is 12.9. The van der Waals surface area contributed by atoms with Crippen LogP contribution in [0.4, 0.5) is 0 Å². The van der Waals surface area contributed by atoms with Crippen molar-refractivity contribution in [3.63, 3.8) is 0 Å². The molecule has 330 valence electrons. The molecule has 1 amide bonds. The van der Waals surface area contributed by atoms with Crippen molar-refractivity contribution >= 4 is 35.6 Å². The predicted octanol–water partition coefficient (Wildman–Crippen LogP) is 3.68. The summed E-state index contributed by atoms with van der Waals surface area (Å²) in [5.41, 5.74) is -7.34. The number of Topliss-reactive ketones (excluding diaryl/α,β-unsaturated/α-hetero) is 1. The Morgan fingerprint density at radius 1 is 0.806 bits per heavy atom. The second-order valence-electron chi connectivity index (χ2n) is 17.0. The maximum Gasteiger partial charge on any atom is 0.338 e. The summed E-state index contributed by atoms with van der Waals surface area (Å²) >= 11 is 0. The summed E-state index contributed by atoms with van der Waals surface area (Å²) in [4.78, 5) is 81.3. The molecule has 4 aliphatic rings. The van der Waals surface area contributed by atoms with Crippen molar-refractivity contribution in [2.75, 3.05) is 6.61 Å². The topological polar surface area (TPSA) is 221 Å². The van der Waals surface area contributed by atoms with Gasteiger partial charge < -0.3 is 44.3 Å². The van der Waals surface area contributed by atoms with Crippen LogP contribution in [0.15, 0.2) is 108 Å². The lowest BCUT2D eigenvalue weighted by Gasteiger charge is -2.60. The Labute approximate surface area is 359 Å². The molecule has 3 fully saturated rings. The van der Waals surface area contributed by atoms with Crippen LogP contribution in [0.25, 0.3) is 0 Å². The molecule has 0 radical (unpaired) electrons. The van der Waals surface area contributed by atoms with E-state index in [2.05, 4.69) is 5.32 Å². The molecule has 62 heavy (non-hydrogen) atoms. The summed E-state index contributed by atoms with van der Waals surface area (Å²) in [7, 11) is 0. The van der Waals surface area contributed by atoms with Crippen LogP contribution in [0.1, 0.15) is 75.6 Å². The number of amides is 1. The fourth-order valence-corrected chi connectivity index (χ4v) is 9.64. The van der Waals surface area contributed by atoms with Crippen molar-refractivity contribution in [3.05, 3.63) is 119 Å². The van der Waals surface area contributed by atoms with Crippen LogP contribution in [0.3, 0.4) is 0 Å². The summed E-state index contributed by atoms with van der Waals surface area (Å²) in [6.07, 6.45) is -10.5. The van der Waals surface area contributed by atoms with E-state index in [0.29, 0.717) is 0 Å². The maximum atomic E-state index is 15.2. The molecule has 7 rings (SSSR count). The Kier molecular flexibility index (Phi) is 13.0. The summed E-state index contributed by atoms with van der Waals surface area (Å²) in [5.74, 6) is -6.79. The first kappa shape index (κ1) is 45.8. The molecular formula is C47H53NO14. The second kappa shape index (κ2) is 17.6. The van der Waals surface area contributed by atoms with Gasteiger partial charge in [-0.15, -0.1) is 0 Å². The van der Waals surface area contributed by atoms with Gasteiger partial charge >= 0.3 is 23.9 Å². The molecule has 3 aromatic rings. The third kappa shape index (κ3) is 7.94. The van der Waals surface area contributed by atoms with E-state index in [9.17, 15) is 39.3 Å².